The number of halogens is 2. The molecule has 0 saturated heterocycles. The molecule has 0 bridgehead atoms. The van der Waals surface area contributed by atoms with Gasteiger partial charge in [-0.15, -0.1) is 5.16 Å². The van der Waals surface area contributed by atoms with Gasteiger partial charge in [0.05, 0.1) is 5.71 Å². The van der Waals surface area contributed by atoms with Crippen molar-refractivity contribution < 1.29 is 12.7 Å². The first-order valence-electron chi connectivity index (χ1n) is 7.37. The SMILES string of the molecule is CC(C)(C)N([Si](C)(C)C)[Si](F)(F)ON=C1CCCCC1. The predicted octanol–water partition coefficient (Wildman–Crippen LogP) is 4.63. The van der Waals surface area contributed by atoms with Crippen molar-refractivity contribution in [1.82, 2.24) is 4.23 Å². The number of nitrogens with zero attached hydrogens (tertiary/aromatic N) is 2. The third-order valence-corrected chi connectivity index (χ3v) is 9.63. The lowest BCUT2D eigenvalue weighted by Crippen LogP contribution is -2.67. The summed E-state index contributed by atoms with van der Waals surface area (Å²) in [5.74, 6) is 0. The van der Waals surface area contributed by atoms with Gasteiger partial charge in [0.1, 0.15) is 8.24 Å². The van der Waals surface area contributed by atoms with E-state index in [1.807, 2.05) is 40.4 Å². The standard InChI is InChI=1S/C13H28F2N2OSi2/c1-13(2,3)17(19(4,5)6)20(14,15)18-16-12-10-8-7-9-11-12/h7-11H2,1-6H3. The first-order chi connectivity index (χ1) is 8.94. The topological polar surface area (TPSA) is 24.8 Å². The van der Waals surface area contributed by atoms with Crippen molar-refractivity contribution in [2.24, 2.45) is 5.16 Å². The fourth-order valence-electron chi connectivity index (χ4n) is 3.00. The van der Waals surface area contributed by atoms with Gasteiger partial charge in [0.2, 0.25) is 0 Å². The molecule has 0 unspecified atom stereocenters. The second-order valence-electron chi connectivity index (χ2n) is 7.47. The van der Waals surface area contributed by atoms with Crippen LogP contribution >= 0.6 is 0 Å². The Kier molecular flexibility index (Phi) is 5.54. The highest BCUT2D eigenvalue weighted by molar-refractivity contribution is 6.83. The summed E-state index contributed by atoms with van der Waals surface area (Å²) in [5.41, 5.74) is 0.195. The van der Waals surface area contributed by atoms with E-state index < -0.39 is 22.9 Å². The Balaban J connectivity index is 2.88. The van der Waals surface area contributed by atoms with Gasteiger partial charge in [0.25, 0.3) is 0 Å². The van der Waals surface area contributed by atoms with Crippen molar-refractivity contribution >= 4 is 23.1 Å². The van der Waals surface area contributed by atoms with E-state index in [9.17, 15) is 8.22 Å². The van der Waals surface area contributed by atoms with E-state index in [0.717, 1.165) is 37.8 Å². The van der Waals surface area contributed by atoms with E-state index >= 15 is 0 Å². The van der Waals surface area contributed by atoms with Gasteiger partial charge in [-0.3, -0.25) is 4.23 Å². The van der Waals surface area contributed by atoms with Crippen LogP contribution in [0.3, 0.4) is 0 Å². The molecule has 7 heteroatoms. The summed E-state index contributed by atoms with van der Waals surface area (Å²) in [6.45, 7) is 11.2. The lowest BCUT2D eigenvalue weighted by Gasteiger charge is -2.44. The average Bonchev–Trinajstić information content (AvgIpc) is 2.23. The molecule has 1 aliphatic rings. The molecule has 0 spiro atoms. The highest BCUT2D eigenvalue weighted by Crippen LogP contribution is 2.32. The molecule has 118 valence electrons. The van der Waals surface area contributed by atoms with Crippen molar-refractivity contribution in [2.45, 2.75) is 78.1 Å². The maximum Gasteiger partial charge on any atom is 0.763 e. The predicted molar refractivity (Wildman–Crippen MR) is 84.5 cm³/mol. The Bertz CT molecular complexity index is 340. The van der Waals surface area contributed by atoms with Crippen LogP contribution in [0.25, 0.3) is 0 Å². The van der Waals surface area contributed by atoms with Crippen molar-refractivity contribution in [1.29, 1.82) is 0 Å². The monoisotopic (exact) mass is 322 g/mol. The lowest BCUT2D eigenvalue weighted by atomic mass is 9.99. The summed E-state index contributed by atoms with van der Waals surface area (Å²) in [6, 6.07) is 0. The molecule has 1 aliphatic carbocycles. The van der Waals surface area contributed by atoms with E-state index in [2.05, 4.69) is 5.16 Å². The largest absolute Gasteiger partial charge is 0.763 e. The number of hydrogen-bond acceptors (Lipinski definition) is 3. The minimum absolute atomic E-state index is 0.604. The van der Waals surface area contributed by atoms with Crippen molar-refractivity contribution in [2.75, 3.05) is 0 Å². The summed E-state index contributed by atoms with van der Waals surface area (Å²) in [7, 11) is -7.17. The maximum atomic E-state index is 14.6. The molecule has 0 radical (unpaired) electrons. The third-order valence-electron chi connectivity index (χ3n) is 3.32. The van der Waals surface area contributed by atoms with E-state index in [1.54, 1.807) is 0 Å². The summed E-state index contributed by atoms with van der Waals surface area (Å²) in [4.78, 5) is 0. The smallest absolute Gasteiger partial charge is 0.376 e. The minimum atomic E-state index is -4.98. The fourth-order valence-corrected chi connectivity index (χ4v) is 9.36. The molecule has 0 aliphatic heterocycles. The van der Waals surface area contributed by atoms with Crippen molar-refractivity contribution in [3.8, 4) is 0 Å². The zero-order valence-electron chi connectivity index (χ0n) is 13.6. The minimum Gasteiger partial charge on any atom is -0.376 e. The zero-order valence-corrected chi connectivity index (χ0v) is 15.6. The van der Waals surface area contributed by atoms with E-state index in [-0.39, 0.29) is 0 Å². The Labute approximate surface area is 124 Å². The first-order valence-corrected chi connectivity index (χ1v) is 12.4. The molecule has 0 aromatic rings. The number of rotatable bonds is 4. The first kappa shape index (κ1) is 17.8. The second-order valence-corrected chi connectivity index (χ2v) is 14.3. The quantitative estimate of drug-likeness (QED) is 0.428. The van der Waals surface area contributed by atoms with Gasteiger partial charge in [0.15, 0.2) is 0 Å². The molecule has 3 nitrogen and oxygen atoms in total. The molecule has 0 aromatic heterocycles. The Hall–Kier alpha value is -0.276. The van der Waals surface area contributed by atoms with Crippen LogP contribution in [0.2, 0.25) is 19.6 Å². The molecule has 0 atom stereocenters. The molecular formula is C13H28F2N2OSi2. The van der Waals surface area contributed by atoms with E-state index in [4.69, 9.17) is 4.53 Å². The van der Waals surface area contributed by atoms with E-state index in [0.29, 0.717) is 0 Å². The Morgan fingerprint density at radius 2 is 1.55 bits per heavy atom. The van der Waals surface area contributed by atoms with Gasteiger partial charge in [-0.2, -0.15) is 0 Å². The molecule has 0 heterocycles. The van der Waals surface area contributed by atoms with Crippen LogP contribution in [-0.4, -0.2) is 32.9 Å². The number of oxime groups is 1. The molecule has 0 N–H and O–H groups in total. The molecule has 1 saturated carbocycles. The second kappa shape index (κ2) is 6.23. The van der Waals surface area contributed by atoms with Crippen LogP contribution in [0.15, 0.2) is 5.16 Å². The molecule has 20 heavy (non-hydrogen) atoms. The summed E-state index contributed by atoms with van der Waals surface area (Å²) in [6.07, 6.45) is 4.83. The highest BCUT2D eigenvalue weighted by Gasteiger charge is 2.59. The lowest BCUT2D eigenvalue weighted by molar-refractivity contribution is 0.148. The molecular weight excluding hydrogens is 294 g/mol. The molecule has 1 fully saturated rings. The fraction of sp³-hybridized carbons (Fsp3) is 0.923. The van der Waals surface area contributed by atoms with Crippen LogP contribution in [0.4, 0.5) is 8.22 Å². The van der Waals surface area contributed by atoms with Crippen LogP contribution in [0, 0.1) is 0 Å². The zero-order chi connectivity index (χ0) is 15.6. The molecule has 1 rings (SSSR count). The van der Waals surface area contributed by atoms with Crippen LogP contribution in [0.1, 0.15) is 52.9 Å². The third kappa shape index (κ3) is 4.93. The van der Waals surface area contributed by atoms with Gasteiger partial charge in [-0.05, 0) is 46.5 Å². The molecule has 0 amide bonds. The van der Waals surface area contributed by atoms with Crippen molar-refractivity contribution in [3.63, 3.8) is 0 Å². The Morgan fingerprint density at radius 1 is 1.05 bits per heavy atom. The average molecular weight is 323 g/mol. The van der Waals surface area contributed by atoms with Crippen LogP contribution in [0.5, 0.6) is 0 Å². The van der Waals surface area contributed by atoms with Crippen LogP contribution in [-0.2, 0) is 4.53 Å². The normalized spacial score (nSPS) is 18.4. The van der Waals surface area contributed by atoms with Gasteiger partial charge in [-0.25, -0.2) is 8.22 Å². The van der Waals surface area contributed by atoms with E-state index in [1.165, 1.54) is 4.23 Å². The van der Waals surface area contributed by atoms with Crippen LogP contribution < -0.4 is 0 Å². The van der Waals surface area contributed by atoms with Gasteiger partial charge in [-0.1, -0.05) is 26.1 Å². The maximum absolute atomic E-state index is 14.6. The summed E-state index contributed by atoms with van der Waals surface area (Å²) >= 11 is 0. The Morgan fingerprint density at radius 3 is 1.95 bits per heavy atom. The van der Waals surface area contributed by atoms with Gasteiger partial charge < -0.3 is 4.53 Å². The highest BCUT2D eigenvalue weighted by atomic mass is 28.5. The number of hydrogen-bond donors (Lipinski definition) is 0. The van der Waals surface area contributed by atoms with Crippen molar-refractivity contribution in [3.05, 3.63) is 0 Å². The molecule has 0 aromatic carbocycles. The summed E-state index contributed by atoms with van der Waals surface area (Å²) in [5, 5.41) is 3.81. The summed E-state index contributed by atoms with van der Waals surface area (Å²) < 4.78 is 35.4. The van der Waals surface area contributed by atoms with Gasteiger partial charge >= 0.3 is 9.15 Å². The van der Waals surface area contributed by atoms with Gasteiger partial charge in [0, 0.05) is 5.54 Å².